The molecule has 1 N–H and O–H groups in total. The van der Waals surface area contributed by atoms with E-state index in [0.717, 1.165) is 24.8 Å². The van der Waals surface area contributed by atoms with E-state index in [4.69, 9.17) is 14.7 Å². The van der Waals surface area contributed by atoms with Gasteiger partial charge in [0.2, 0.25) is 5.91 Å². The van der Waals surface area contributed by atoms with Crippen molar-refractivity contribution in [2.75, 3.05) is 25.6 Å². The first-order chi connectivity index (χ1) is 15.1. The average molecular weight is 421 g/mol. The van der Waals surface area contributed by atoms with Gasteiger partial charge in [-0.05, 0) is 49.6 Å². The van der Waals surface area contributed by atoms with Crippen LogP contribution in [0.1, 0.15) is 31.1 Å². The second-order valence-electron chi connectivity index (χ2n) is 7.40. The van der Waals surface area contributed by atoms with E-state index in [-0.39, 0.29) is 24.4 Å². The summed E-state index contributed by atoms with van der Waals surface area (Å²) in [6.07, 6.45) is 6.09. The molecule has 7 nitrogen and oxygen atoms in total. The molecule has 3 heterocycles. The SMILES string of the molecule is COCC(=O)N1CCCCC1c1nc(Nc2cccc(F)c2)cc(-c2ccncc2)n1. The van der Waals surface area contributed by atoms with Crippen LogP contribution in [0.5, 0.6) is 0 Å². The van der Waals surface area contributed by atoms with Crippen molar-refractivity contribution >= 4 is 17.4 Å². The molecule has 0 aliphatic carbocycles. The van der Waals surface area contributed by atoms with E-state index < -0.39 is 0 Å². The topological polar surface area (TPSA) is 80.2 Å². The van der Waals surface area contributed by atoms with Gasteiger partial charge < -0.3 is 15.0 Å². The van der Waals surface area contributed by atoms with E-state index in [2.05, 4.69) is 10.3 Å². The van der Waals surface area contributed by atoms with Crippen LogP contribution in [0, 0.1) is 5.82 Å². The monoisotopic (exact) mass is 421 g/mol. The quantitative estimate of drug-likeness (QED) is 0.645. The van der Waals surface area contributed by atoms with Gasteiger partial charge in [0.05, 0.1) is 11.7 Å². The van der Waals surface area contributed by atoms with Crippen molar-refractivity contribution in [2.45, 2.75) is 25.3 Å². The number of carbonyl (C=O) groups excluding carboxylic acids is 1. The Bertz CT molecular complexity index is 1050. The van der Waals surface area contributed by atoms with Crippen LogP contribution in [0.4, 0.5) is 15.9 Å². The number of piperidine rings is 1. The molecule has 31 heavy (non-hydrogen) atoms. The van der Waals surface area contributed by atoms with E-state index >= 15 is 0 Å². The predicted octanol–water partition coefficient (Wildman–Crippen LogP) is 4.12. The van der Waals surface area contributed by atoms with Crippen LogP contribution in [0.3, 0.4) is 0 Å². The van der Waals surface area contributed by atoms with Crippen LogP contribution < -0.4 is 5.32 Å². The van der Waals surface area contributed by atoms with Crippen LogP contribution in [0.15, 0.2) is 54.9 Å². The summed E-state index contributed by atoms with van der Waals surface area (Å²) in [6, 6.07) is 11.5. The molecule has 3 aromatic rings. The molecule has 1 aromatic carbocycles. The summed E-state index contributed by atoms with van der Waals surface area (Å²) in [7, 11) is 1.51. The molecule has 8 heteroatoms. The van der Waals surface area contributed by atoms with Crippen molar-refractivity contribution in [1.29, 1.82) is 0 Å². The van der Waals surface area contributed by atoms with Crippen molar-refractivity contribution < 1.29 is 13.9 Å². The molecular weight excluding hydrogens is 397 g/mol. The Morgan fingerprint density at radius 2 is 2.03 bits per heavy atom. The lowest BCUT2D eigenvalue weighted by Crippen LogP contribution is -2.41. The van der Waals surface area contributed by atoms with Gasteiger partial charge in [0.1, 0.15) is 18.2 Å². The lowest BCUT2D eigenvalue weighted by molar-refractivity contribution is -0.139. The molecule has 1 aliphatic rings. The van der Waals surface area contributed by atoms with E-state index in [1.807, 2.05) is 18.2 Å². The Hall–Kier alpha value is -3.39. The summed E-state index contributed by atoms with van der Waals surface area (Å²) >= 11 is 0. The van der Waals surface area contributed by atoms with E-state index in [1.54, 1.807) is 29.4 Å². The van der Waals surface area contributed by atoms with Crippen LogP contribution >= 0.6 is 0 Å². The Labute approximate surface area is 180 Å². The molecule has 1 unspecified atom stereocenters. The number of hydrogen-bond acceptors (Lipinski definition) is 6. The standard InChI is InChI=1S/C23H24FN5O2/c1-31-15-22(30)29-12-3-2-7-20(29)23-27-19(16-8-10-25-11-9-16)14-21(28-23)26-18-6-4-5-17(24)13-18/h4-6,8-11,13-14,20H,2-3,7,12,15H2,1H3,(H,26,27,28). The third-order valence-electron chi connectivity index (χ3n) is 5.21. The number of anilines is 2. The highest BCUT2D eigenvalue weighted by Crippen LogP contribution is 2.32. The molecule has 4 rings (SSSR count). The fourth-order valence-electron chi connectivity index (χ4n) is 3.77. The van der Waals surface area contributed by atoms with Crippen LogP contribution in [0.2, 0.25) is 0 Å². The predicted molar refractivity (Wildman–Crippen MR) is 115 cm³/mol. The van der Waals surface area contributed by atoms with Gasteiger partial charge in [0.15, 0.2) is 5.82 Å². The lowest BCUT2D eigenvalue weighted by atomic mass is 10.0. The van der Waals surface area contributed by atoms with Crippen LogP contribution in [-0.2, 0) is 9.53 Å². The number of nitrogens with zero attached hydrogens (tertiary/aromatic N) is 4. The first kappa shape index (κ1) is 20.9. The maximum absolute atomic E-state index is 13.7. The number of nitrogens with one attached hydrogen (secondary N) is 1. The van der Waals surface area contributed by atoms with Crippen LogP contribution in [-0.4, -0.2) is 46.0 Å². The van der Waals surface area contributed by atoms with E-state index in [0.29, 0.717) is 29.6 Å². The first-order valence-electron chi connectivity index (χ1n) is 10.2. The normalized spacial score (nSPS) is 16.2. The summed E-state index contributed by atoms with van der Waals surface area (Å²) in [5, 5.41) is 3.17. The number of methoxy groups -OCH3 is 1. The third kappa shape index (κ3) is 5.03. The second-order valence-corrected chi connectivity index (χ2v) is 7.40. The van der Waals surface area contributed by atoms with Gasteiger partial charge in [-0.25, -0.2) is 14.4 Å². The summed E-state index contributed by atoms with van der Waals surface area (Å²) in [5.41, 5.74) is 2.17. The molecule has 1 fully saturated rings. The van der Waals surface area contributed by atoms with Gasteiger partial charge in [0, 0.05) is 43.4 Å². The van der Waals surface area contributed by atoms with Gasteiger partial charge in [-0.2, -0.15) is 0 Å². The summed E-state index contributed by atoms with van der Waals surface area (Å²) in [6.45, 7) is 0.664. The van der Waals surface area contributed by atoms with Crippen LogP contribution in [0.25, 0.3) is 11.3 Å². The fraction of sp³-hybridized carbons (Fsp3) is 0.304. The third-order valence-corrected chi connectivity index (χ3v) is 5.21. The minimum atomic E-state index is -0.336. The maximum atomic E-state index is 13.7. The lowest BCUT2D eigenvalue weighted by Gasteiger charge is -2.35. The number of halogens is 1. The fourth-order valence-corrected chi connectivity index (χ4v) is 3.77. The second kappa shape index (κ2) is 9.61. The maximum Gasteiger partial charge on any atom is 0.249 e. The van der Waals surface area contributed by atoms with Gasteiger partial charge in [-0.15, -0.1) is 0 Å². The summed E-state index contributed by atoms with van der Waals surface area (Å²) in [5.74, 6) is 0.673. The van der Waals surface area contributed by atoms with Crippen molar-refractivity contribution in [1.82, 2.24) is 19.9 Å². The molecular formula is C23H24FN5O2. The van der Waals surface area contributed by atoms with Gasteiger partial charge in [-0.1, -0.05) is 6.07 Å². The largest absolute Gasteiger partial charge is 0.375 e. The van der Waals surface area contributed by atoms with Gasteiger partial charge in [0.25, 0.3) is 0 Å². The average Bonchev–Trinajstić information content (AvgIpc) is 2.80. The Morgan fingerprint density at radius 1 is 1.19 bits per heavy atom. The highest BCUT2D eigenvalue weighted by Gasteiger charge is 2.30. The molecule has 2 aromatic heterocycles. The van der Waals surface area contributed by atoms with Gasteiger partial charge in [-0.3, -0.25) is 9.78 Å². The number of rotatable bonds is 6. The Balaban J connectivity index is 1.74. The van der Waals surface area contributed by atoms with Crippen molar-refractivity contribution in [3.63, 3.8) is 0 Å². The Morgan fingerprint density at radius 3 is 2.81 bits per heavy atom. The molecule has 1 amide bonds. The number of aromatic nitrogens is 3. The van der Waals surface area contributed by atoms with E-state index in [1.165, 1.54) is 19.2 Å². The number of ether oxygens (including phenoxy) is 1. The molecule has 1 saturated heterocycles. The summed E-state index contributed by atoms with van der Waals surface area (Å²) < 4.78 is 18.7. The highest BCUT2D eigenvalue weighted by atomic mass is 19.1. The number of amides is 1. The van der Waals surface area contributed by atoms with Crippen molar-refractivity contribution in [3.8, 4) is 11.3 Å². The Kier molecular flexibility index (Phi) is 6.47. The number of carbonyl (C=O) groups is 1. The zero-order valence-electron chi connectivity index (χ0n) is 17.3. The van der Waals surface area contributed by atoms with Crippen molar-refractivity contribution in [3.05, 3.63) is 66.5 Å². The molecule has 160 valence electrons. The molecule has 0 radical (unpaired) electrons. The zero-order valence-corrected chi connectivity index (χ0v) is 17.3. The first-order valence-corrected chi connectivity index (χ1v) is 10.2. The van der Waals surface area contributed by atoms with Crippen molar-refractivity contribution in [2.24, 2.45) is 0 Å². The molecule has 1 atom stereocenters. The number of pyridine rings is 1. The minimum absolute atomic E-state index is 0.0228. The molecule has 0 saturated carbocycles. The van der Waals surface area contributed by atoms with E-state index in [9.17, 15) is 9.18 Å². The number of hydrogen-bond donors (Lipinski definition) is 1. The molecule has 0 bridgehead atoms. The van der Waals surface area contributed by atoms with Gasteiger partial charge >= 0.3 is 0 Å². The number of likely N-dealkylation sites (tertiary alicyclic amines) is 1. The smallest absolute Gasteiger partial charge is 0.249 e. The zero-order chi connectivity index (χ0) is 21.6. The highest BCUT2D eigenvalue weighted by molar-refractivity contribution is 5.78. The minimum Gasteiger partial charge on any atom is -0.375 e. The summed E-state index contributed by atoms with van der Waals surface area (Å²) in [4.78, 5) is 28.0. The molecule has 0 spiro atoms. The number of benzene rings is 1. The molecule has 1 aliphatic heterocycles.